The molecule has 0 radical (unpaired) electrons. The van der Waals surface area contributed by atoms with Crippen LogP contribution in [0.1, 0.15) is 19.8 Å². The van der Waals surface area contributed by atoms with Gasteiger partial charge in [-0.1, -0.05) is 6.92 Å². The molecule has 0 aromatic rings. The van der Waals surface area contributed by atoms with Gasteiger partial charge in [0.2, 0.25) is 5.91 Å². The van der Waals surface area contributed by atoms with Crippen LogP contribution < -0.4 is 10.6 Å². The van der Waals surface area contributed by atoms with Gasteiger partial charge in [-0.05, 0) is 18.8 Å². The molecule has 20 heavy (non-hydrogen) atoms. The zero-order valence-electron chi connectivity index (χ0n) is 12.6. The Morgan fingerprint density at radius 3 is 2.55 bits per heavy atom. The van der Waals surface area contributed by atoms with Crippen LogP contribution in [-0.2, 0) is 9.53 Å². The van der Waals surface area contributed by atoms with Crippen LogP contribution in [0, 0.1) is 5.92 Å². The number of aliphatic imine (C=N–C) groups is 1. The normalized spacial score (nSPS) is 16.6. The first-order chi connectivity index (χ1) is 9.17. The first-order valence-corrected chi connectivity index (χ1v) is 6.88. The third-order valence-electron chi connectivity index (χ3n) is 3.33. The number of nitrogens with zero attached hydrogens (tertiary/aromatic N) is 2. The van der Waals surface area contributed by atoms with Crippen molar-refractivity contribution < 1.29 is 9.53 Å². The number of halogens is 1. The Bertz CT molecular complexity index is 305. The van der Waals surface area contributed by atoms with Crippen molar-refractivity contribution in [3.63, 3.8) is 0 Å². The molecule has 0 atom stereocenters. The molecule has 0 saturated carbocycles. The van der Waals surface area contributed by atoms with Crippen LogP contribution in [0.15, 0.2) is 4.99 Å². The number of guanidine groups is 1. The monoisotopic (exact) mass is 398 g/mol. The second kappa shape index (κ2) is 11.1. The van der Waals surface area contributed by atoms with Gasteiger partial charge in [-0.2, -0.15) is 0 Å². The van der Waals surface area contributed by atoms with E-state index < -0.39 is 0 Å². The van der Waals surface area contributed by atoms with Crippen molar-refractivity contribution in [3.8, 4) is 0 Å². The summed E-state index contributed by atoms with van der Waals surface area (Å²) in [5.41, 5.74) is 0. The summed E-state index contributed by atoms with van der Waals surface area (Å²) in [4.78, 5) is 18.0. The van der Waals surface area contributed by atoms with Crippen molar-refractivity contribution in [1.29, 1.82) is 0 Å². The maximum Gasteiger partial charge on any atom is 0.239 e. The van der Waals surface area contributed by atoms with E-state index in [1.54, 1.807) is 14.2 Å². The molecule has 1 aliphatic heterocycles. The summed E-state index contributed by atoms with van der Waals surface area (Å²) < 4.78 is 4.88. The maximum absolute atomic E-state index is 11.6. The Morgan fingerprint density at radius 2 is 2.00 bits per heavy atom. The van der Waals surface area contributed by atoms with Gasteiger partial charge in [0.25, 0.3) is 0 Å². The Kier molecular flexibility index (Phi) is 10.8. The largest absolute Gasteiger partial charge is 0.383 e. The third-order valence-corrected chi connectivity index (χ3v) is 3.33. The number of carbonyl (C=O) groups is 1. The number of carbonyl (C=O) groups excluding carboxylic acids is 1. The highest BCUT2D eigenvalue weighted by Crippen LogP contribution is 2.15. The van der Waals surface area contributed by atoms with Gasteiger partial charge < -0.3 is 20.3 Å². The smallest absolute Gasteiger partial charge is 0.239 e. The van der Waals surface area contributed by atoms with E-state index in [1.807, 2.05) is 0 Å². The predicted octanol–water partition coefficient (Wildman–Crippen LogP) is 0.674. The van der Waals surface area contributed by atoms with Crippen molar-refractivity contribution in [1.82, 2.24) is 15.5 Å². The molecule has 6 nitrogen and oxygen atoms in total. The fraction of sp³-hybridized carbons (Fsp3) is 0.846. The molecule has 0 bridgehead atoms. The molecular weight excluding hydrogens is 371 g/mol. The number of methoxy groups -OCH3 is 1. The molecule has 0 aromatic carbocycles. The average Bonchev–Trinajstić information content (AvgIpc) is 2.41. The topological polar surface area (TPSA) is 66.0 Å². The SMILES string of the molecule is CN=C(NCC(=O)NCCOC)N1CCC(C)CC1.I. The summed E-state index contributed by atoms with van der Waals surface area (Å²) in [6, 6.07) is 0. The first-order valence-electron chi connectivity index (χ1n) is 6.88. The lowest BCUT2D eigenvalue weighted by Gasteiger charge is -2.32. The van der Waals surface area contributed by atoms with Gasteiger partial charge in [-0.3, -0.25) is 9.79 Å². The van der Waals surface area contributed by atoms with Gasteiger partial charge in [-0.25, -0.2) is 0 Å². The Morgan fingerprint density at radius 1 is 1.35 bits per heavy atom. The first kappa shape index (κ1) is 19.4. The molecule has 1 amide bonds. The van der Waals surface area contributed by atoms with Gasteiger partial charge in [0, 0.05) is 33.8 Å². The van der Waals surface area contributed by atoms with Crippen molar-refractivity contribution in [3.05, 3.63) is 0 Å². The lowest BCUT2D eigenvalue weighted by molar-refractivity contribution is -0.120. The van der Waals surface area contributed by atoms with Crippen LogP contribution >= 0.6 is 24.0 Å². The molecule has 1 aliphatic rings. The minimum absolute atomic E-state index is 0. The summed E-state index contributed by atoms with van der Waals surface area (Å²) in [6.07, 6.45) is 2.36. The molecule has 0 unspecified atom stereocenters. The number of hydrogen-bond donors (Lipinski definition) is 2. The van der Waals surface area contributed by atoms with Crippen molar-refractivity contribution in [2.45, 2.75) is 19.8 Å². The van der Waals surface area contributed by atoms with E-state index in [9.17, 15) is 4.79 Å². The van der Waals surface area contributed by atoms with E-state index in [0.29, 0.717) is 13.2 Å². The number of piperidine rings is 1. The molecule has 1 heterocycles. The molecule has 2 N–H and O–H groups in total. The van der Waals surface area contributed by atoms with Gasteiger partial charge >= 0.3 is 0 Å². The quantitative estimate of drug-likeness (QED) is 0.309. The van der Waals surface area contributed by atoms with Gasteiger partial charge in [0.15, 0.2) is 5.96 Å². The Labute approximate surface area is 138 Å². The zero-order valence-corrected chi connectivity index (χ0v) is 15.0. The van der Waals surface area contributed by atoms with Crippen LogP contribution in [0.5, 0.6) is 0 Å². The Balaban J connectivity index is 0.00000361. The number of likely N-dealkylation sites (tertiary alicyclic amines) is 1. The summed E-state index contributed by atoms with van der Waals surface area (Å²) in [6.45, 7) is 5.61. The minimum atomic E-state index is -0.0384. The highest BCUT2D eigenvalue weighted by atomic mass is 127. The lowest BCUT2D eigenvalue weighted by Crippen LogP contribution is -2.48. The maximum atomic E-state index is 11.6. The number of ether oxygens (including phenoxy) is 1. The summed E-state index contributed by atoms with van der Waals surface area (Å²) >= 11 is 0. The van der Waals surface area contributed by atoms with Gasteiger partial charge in [0.1, 0.15) is 0 Å². The van der Waals surface area contributed by atoms with Crippen molar-refractivity contribution in [2.24, 2.45) is 10.9 Å². The van der Waals surface area contributed by atoms with Gasteiger partial charge in [0.05, 0.1) is 13.2 Å². The molecule has 7 heteroatoms. The molecule has 0 aromatic heterocycles. The predicted molar refractivity (Wildman–Crippen MR) is 91.6 cm³/mol. The van der Waals surface area contributed by atoms with E-state index in [4.69, 9.17) is 4.74 Å². The van der Waals surface area contributed by atoms with Crippen LogP contribution in [0.4, 0.5) is 0 Å². The Hall–Kier alpha value is -0.570. The van der Waals surface area contributed by atoms with E-state index in [1.165, 1.54) is 12.8 Å². The highest BCUT2D eigenvalue weighted by Gasteiger charge is 2.18. The molecule has 0 aliphatic carbocycles. The third kappa shape index (κ3) is 7.28. The molecule has 1 saturated heterocycles. The molecule has 118 valence electrons. The standard InChI is InChI=1S/C13H26N4O2.HI/c1-11-4-7-17(8-5-11)13(14-2)16-10-12(18)15-6-9-19-3;/h11H,4-10H2,1-3H3,(H,14,16)(H,15,18);1H. The summed E-state index contributed by atoms with van der Waals surface area (Å²) in [5.74, 6) is 1.56. The second-order valence-electron chi connectivity index (χ2n) is 4.91. The molecular formula is C13H27IN4O2. The fourth-order valence-corrected chi connectivity index (χ4v) is 2.07. The number of amides is 1. The number of hydrogen-bond acceptors (Lipinski definition) is 3. The van der Waals surface area contributed by atoms with Crippen LogP contribution in [0.2, 0.25) is 0 Å². The minimum Gasteiger partial charge on any atom is -0.383 e. The molecule has 1 rings (SSSR count). The lowest BCUT2D eigenvalue weighted by atomic mass is 10.00. The average molecular weight is 398 g/mol. The number of nitrogens with one attached hydrogen (secondary N) is 2. The van der Waals surface area contributed by atoms with Crippen molar-refractivity contribution in [2.75, 3.05) is 46.9 Å². The zero-order chi connectivity index (χ0) is 14.1. The molecule has 0 spiro atoms. The van der Waals surface area contributed by atoms with E-state index >= 15 is 0 Å². The summed E-state index contributed by atoms with van der Waals surface area (Å²) in [5, 5.41) is 5.88. The van der Waals surface area contributed by atoms with Crippen LogP contribution in [-0.4, -0.2) is 63.7 Å². The van der Waals surface area contributed by atoms with E-state index in [0.717, 1.165) is 25.0 Å². The van der Waals surface area contributed by atoms with Crippen molar-refractivity contribution >= 4 is 35.8 Å². The van der Waals surface area contributed by atoms with E-state index in [-0.39, 0.29) is 36.4 Å². The highest BCUT2D eigenvalue weighted by molar-refractivity contribution is 14.0. The summed E-state index contributed by atoms with van der Waals surface area (Å²) in [7, 11) is 3.37. The van der Waals surface area contributed by atoms with Crippen LogP contribution in [0.25, 0.3) is 0 Å². The molecule has 1 fully saturated rings. The fourth-order valence-electron chi connectivity index (χ4n) is 2.07. The van der Waals surface area contributed by atoms with E-state index in [2.05, 4.69) is 27.4 Å². The second-order valence-corrected chi connectivity index (χ2v) is 4.91. The van der Waals surface area contributed by atoms with Crippen LogP contribution in [0.3, 0.4) is 0 Å². The number of rotatable bonds is 5. The van der Waals surface area contributed by atoms with Gasteiger partial charge in [-0.15, -0.1) is 24.0 Å².